The van der Waals surface area contributed by atoms with Crippen LogP contribution in [0.4, 0.5) is 5.82 Å². The number of rotatable bonds is 3. The molecule has 0 aromatic carbocycles. The Morgan fingerprint density at radius 2 is 2.00 bits per heavy atom. The summed E-state index contributed by atoms with van der Waals surface area (Å²) in [5.74, 6) is 5.98. The van der Waals surface area contributed by atoms with Crippen LogP contribution in [0.5, 0.6) is 0 Å². The normalized spacial score (nSPS) is 20.0. The number of anilines is 1. The van der Waals surface area contributed by atoms with Crippen LogP contribution >= 0.6 is 0 Å². The predicted octanol–water partition coefficient (Wildman–Crippen LogP) is 0.596. The van der Waals surface area contributed by atoms with Gasteiger partial charge in [0.1, 0.15) is 5.82 Å². The number of carbonyl (C=O) groups excluding carboxylic acids is 1. The molecule has 1 amide bonds. The van der Waals surface area contributed by atoms with Crippen LogP contribution in [0, 0.1) is 6.92 Å². The van der Waals surface area contributed by atoms with Crippen LogP contribution in [-0.2, 0) is 0 Å². The highest BCUT2D eigenvalue weighted by molar-refractivity contribution is 5.95. The quantitative estimate of drug-likeness (QED) is 0.624. The van der Waals surface area contributed by atoms with Crippen LogP contribution in [-0.4, -0.2) is 52.9 Å². The molecule has 0 bridgehead atoms. The Kier molecular flexibility index (Phi) is 3.58. The maximum atomic E-state index is 12.5. The molecule has 6 heteroatoms. The maximum absolute atomic E-state index is 12.5. The summed E-state index contributed by atoms with van der Waals surface area (Å²) < 4.78 is 0. The third-order valence-corrected chi connectivity index (χ3v) is 4.01. The Balaban J connectivity index is 1.68. The van der Waals surface area contributed by atoms with E-state index in [1.165, 1.54) is 12.8 Å². The largest absolute Gasteiger partial charge is 0.336 e. The molecule has 3 N–H and O–H groups in total. The fraction of sp³-hybridized carbons (Fsp3) is 0.571. The van der Waals surface area contributed by atoms with E-state index in [1.807, 2.05) is 17.9 Å². The Labute approximate surface area is 118 Å². The summed E-state index contributed by atoms with van der Waals surface area (Å²) in [7, 11) is 0. The van der Waals surface area contributed by atoms with Gasteiger partial charge in [-0.2, -0.15) is 0 Å². The zero-order chi connectivity index (χ0) is 14.1. The van der Waals surface area contributed by atoms with Crippen molar-refractivity contribution >= 4 is 11.7 Å². The first kappa shape index (κ1) is 13.3. The zero-order valence-electron chi connectivity index (χ0n) is 11.8. The van der Waals surface area contributed by atoms with Crippen molar-refractivity contribution in [3.63, 3.8) is 0 Å². The average molecular weight is 275 g/mol. The van der Waals surface area contributed by atoms with Crippen molar-refractivity contribution in [1.82, 2.24) is 14.8 Å². The lowest BCUT2D eigenvalue weighted by Crippen LogP contribution is -2.49. The highest BCUT2D eigenvalue weighted by Crippen LogP contribution is 2.27. The lowest BCUT2D eigenvalue weighted by atomic mass is 10.1. The van der Waals surface area contributed by atoms with Crippen molar-refractivity contribution < 1.29 is 4.79 Å². The maximum Gasteiger partial charge on any atom is 0.254 e. The van der Waals surface area contributed by atoms with Crippen molar-refractivity contribution in [2.75, 3.05) is 31.6 Å². The van der Waals surface area contributed by atoms with E-state index in [2.05, 4.69) is 15.3 Å². The number of pyridine rings is 1. The van der Waals surface area contributed by atoms with Gasteiger partial charge < -0.3 is 10.3 Å². The van der Waals surface area contributed by atoms with Gasteiger partial charge in [0, 0.05) is 43.5 Å². The van der Waals surface area contributed by atoms with Crippen LogP contribution < -0.4 is 11.3 Å². The monoisotopic (exact) mass is 275 g/mol. The number of piperazine rings is 1. The molecule has 0 spiro atoms. The van der Waals surface area contributed by atoms with Gasteiger partial charge in [0.2, 0.25) is 0 Å². The standard InChI is InChI=1S/C14H21N5O/c1-10-8-11(9-13(16-10)17-15)14(20)19-6-4-18(5-7-19)12-2-3-12/h8-9,12H,2-7,15H2,1H3,(H,16,17). The van der Waals surface area contributed by atoms with E-state index in [1.54, 1.807) is 6.07 Å². The number of hydrogen-bond acceptors (Lipinski definition) is 5. The zero-order valence-corrected chi connectivity index (χ0v) is 11.8. The molecule has 2 heterocycles. The van der Waals surface area contributed by atoms with Gasteiger partial charge in [-0.15, -0.1) is 0 Å². The number of aryl methyl sites for hydroxylation is 1. The number of nitrogens with one attached hydrogen (secondary N) is 1. The first-order valence-electron chi connectivity index (χ1n) is 7.16. The molecule has 1 saturated heterocycles. The van der Waals surface area contributed by atoms with E-state index in [4.69, 9.17) is 5.84 Å². The van der Waals surface area contributed by atoms with Gasteiger partial charge in [0.05, 0.1) is 0 Å². The average Bonchev–Trinajstić information content (AvgIpc) is 3.30. The molecule has 20 heavy (non-hydrogen) atoms. The van der Waals surface area contributed by atoms with E-state index < -0.39 is 0 Å². The molecule has 0 unspecified atom stereocenters. The smallest absolute Gasteiger partial charge is 0.254 e. The molecule has 1 aromatic heterocycles. The van der Waals surface area contributed by atoms with Crippen molar-refractivity contribution in [2.45, 2.75) is 25.8 Å². The number of amides is 1. The van der Waals surface area contributed by atoms with Crippen LogP contribution in [0.15, 0.2) is 12.1 Å². The van der Waals surface area contributed by atoms with Crippen LogP contribution in [0.25, 0.3) is 0 Å². The summed E-state index contributed by atoms with van der Waals surface area (Å²) in [6.07, 6.45) is 2.64. The Morgan fingerprint density at radius 3 is 2.60 bits per heavy atom. The first-order valence-corrected chi connectivity index (χ1v) is 7.16. The predicted molar refractivity (Wildman–Crippen MR) is 77.3 cm³/mol. The SMILES string of the molecule is Cc1cc(C(=O)N2CCN(C3CC3)CC2)cc(NN)n1. The van der Waals surface area contributed by atoms with Crippen molar-refractivity contribution in [1.29, 1.82) is 0 Å². The van der Waals surface area contributed by atoms with E-state index in [0.717, 1.165) is 37.9 Å². The second-order valence-corrected chi connectivity index (χ2v) is 5.59. The number of nitrogens with zero attached hydrogens (tertiary/aromatic N) is 3. The minimum absolute atomic E-state index is 0.0717. The van der Waals surface area contributed by atoms with E-state index in [9.17, 15) is 4.79 Å². The minimum Gasteiger partial charge on any atom is -0.336 e. The fourth-order valence-electron chi connectivity index (χ4n) is 2.78. The number of carbonyl (C=O) groups is 1. The highest BCUT2D eigenvalue weighted by Gasteiger charge is 2.32. The molecular formula is C14H21N5O. The molecule has 2 fully saturated rings. The molecule has 1 aliphatic carbocycles. The number of nitrogen functional groups attached to an aromatic ring is 1. The fourth-order valence-corrected chi connectivity index (χ4v) is 2.78. The minimum atomic E-state index is 0.0717. The third-order valence-electron chi connectivity index (χ3n) is 4.01. The Hall–Kier alpha value is -1.66. The second-order valence-electron chi connectivity index (χ2n) is 5.59. The summed E-state index contributed by atoms with van der Waals surface area (Å²) >= 11 is 0. The molecule has 1 aliphatic heterocycles. The number of hydrogen-bond donors (Lipinski definition) is 2. The molecule has 2 aliphatic rings. The van der Waals surface area contributed by atoms with Crippen LogP contribution in [0.2, 0.25) is 0 Å². The van der Waals surface area contributed by atoms with Crippen molar-refractivity contribution in [3.8, 4) is 0 Å². The van der Waals surface area contributed by atoms with Crippen molar-refractivity contribution in [3.05, 3.63) is 23.4 Å². The summed E-state index contributed by atoms with van der Waals surface area (Å²) in [4.78, 5) is 21.2. The Bertz CT molecular complexity index is 506. The molecule has 3 rings (SSSR count). The number of hydrazine groups is 1. The van der Waals surface area contributed by atoms with Gasteiger partial charge in [0.15, 0.2) is 0 Å². The van der Waals surface area contributed by atoms with Gasteiger partial charge in [-0.3, -0.25) is 9.69 Å². The third kappa shape index (κ3) is 2.76. The summed E-state index contributed by atoms with van der Waals surface area (Å²) in [6.45, 7) is 5.46. The van der Waals surface area contributed by atoms with E-state index >= 15 is 0 Å². The molecule has 1 saturated carbocycles. The molecule has 0 radical (unpaired) electrons. The van der Waals surface area contributed by atoms with E-state index in [-0.39, 0.29) is 5.91 Å². The number of aromatic nitrogens is 1. The highest BCUT2D eigenvalue weighted by atomic mass is 16.2. The molecular weight excluding hydrogens is 254 g/mol. The van der Waals surface area contributed by atoms with Gasteiger partial charge in [-0.1, -0.05) is 0 Å². The topological polar surface area (TPSA) is 74.5 Å². The second kappa shape index (κ2) is 5.38. The summed E-state index contributed by atoms with van der Waals surface area (Å²) in [5, 5.41) is 0. The number of nitrogens with two attached hydrogens (primary N) is 1. The Morgan fingerprint density at radius 1 is 1.30 bits per heavy atom. The van der Waals surface area contributed by atoms with E-state index in [0.29, 0.717) is 11.4 Å². The van der Waals surface area contributed by atoms with Crippen LogP contribution in [0.1, 0.15) is 28.9 Å². The van der Waals surface area contributed by atoms with Gasteiger partial charge in [-0.25, -0.2) is 10.8 Å². The summed E-state index contributed by atoms with van der Waals surface area (Å²) in [6, 6.07) is 4.31. The van der Waals surface area contributed by atoms with Gasteiger partial charge >= 0.3 is 0 Å². The van der Waals surface area contributed by atoms with Crippen LogP contribution in [0.3, 0.4) is 0 Å². The summed E-state index contributed by atoms with van der Waals surface area (Å²) in [5.41, 5.74) is 3.96. The molecule has 1 aromatic rings. The lowest BCUT2D eigenvalue weighted by molar-refractivity contribution is 0.0627. The van der Waals surface area contributed by atoms with Crippen molar-refractivity contribution in [2.24, 2.45) is 5.84 Å². The molecule has 6 nitrogen and oxygen atoms in total. The molecule has 108 valence electrons. The van der Waals surface area contributed by atoms with Gasteiger partial charge in [0.25, 0.3) is 5.91 Å². The van der Waals surface area contributed by atoms with Gasteiger partial charge in [-0.05, 0) is 31.9 Å². The first-order chi connectivity index (χ1) is 9.67. The molecule has 0 atom stereocenters. The lowest BCUT2D eigenvalue weighted by Gasteiger charge is -2.34.